The van der Waals surface area contributed by atoms with Gasteiger partial charge < -0.3 is 20.1 Å². The number of carbonyl (C=O) groups is 2. The molecule has 1 aliphatic heterocycles. The summed E-state index contributed by atoms with van der Waals surface area (Å²) in [6.45, 7) is 0.300. The van der Waals surface area contributed by atoms with E-state index in [-0.39, 0.29) is 36.5 Å². The lowest BCUT2D eigenvalue weighted by atomic mass is 9.74. The van der Waals surface area contributed by atoms with Crippen molar-refractivity contribution < 1.29 is 19.1 Å². The fourth-order valence-corrected chi connectivity index (χ4v) is 4.53. The van der Waals surface area contributed by atoms with Crippen LogP contribution in [0.5, 0.6) is 5.75 Å². The van der Waals surface area contributed by atoms with Crippen LogP contribution in [0.25, 0.3) is 0 Å². The van der Waals surface area contributed by atoms with Crippen molar-refractivity contribution in [1.82, 2.24) is 10.6 Å². The van der Waals surface area contributed by atoms with Gasteiger partial charge in [0.25, 0.3) is 5.91 Å². The first-order chi connectivity index (χ1) is 13.5. The Kier molecular flexibility index (Phi) is 7.43. The molecule has 4 atom stereocenters. The van der Waals surface area contributed by atoms with Gasteiger partial charge in [-0.05, 0) is 56.2 Å². The molecule has 3 rings (SSSR count). The second-order valence-corrected chi connectivity index (χ2v) is 8.32. The molecule has 0 bridgehead atoms. The normalized spacial score (nSPS) is 26.9. The molecule has 0 aromatic heterocycles. The summed E-state index contributed by atoms with van der Waals surface area (Å²) in [6.07, 6.45) is 4.74. The Morgan fingerprint density at radius 2 is 2.11 bits per heavy atom. The lowest BCUT2D eigenvalue weighted by molar-refractivity contribution is -0.131. The third-order valence-corrected chi connectivity index (χ3v) is 6.16. The van der Waals surface area contributed by atoms with Gasteiger partial charge in [0, 0.05) is 30.6 Å². The maximum atomic E-state index is 12.4. The van der Waals surface area contributed by atoms with Crippen LogP contribution in [-0.4, -0.2) is 44.2 Å². The predicted molar refractivity (Wildman–Crippen MR) is 108 cm³/mol. The van der Waals surface area contributed by atoms with E-state index in [4.69, 9.17) is 32.7 Å². The molecule has 28 heavy (non-hydrogen) atoms. The number of piperidine rings is 1. The number of hydrogen-bond donors (Lipinski definition) is 2. The Morgan fingerprint density at radius 3 is 2.86 bits per heavy atom. The molecular weight excluding hydrogens is 403 g/mol. The molecule has 1 saturated heterocycles. The highest BCUT2D eigenvalue weighted by Gasteiger charge is 2.39. The number of rotatable bonds is 7. The molecule has 1 aromatic rings. The number of fused-ring (bicyclic) bond motifs is 1. The van der Waals surface area contributed by atoms with Gasteiger partial charge in [0.15, 0.2) is 6.61 Å². The van der Waals surface area contributed by atoms with Gasteiger partial charge in [0.2, 0.25) is 5.91 Å². The van der Waals surface area contributed by atoms with Gasteiger partial charge in [-0.3, -0.25) is 9.59 Å². The minimum Gasteiger partial charge on any atom is -0.482 e. The van der Waals surface area contributed by atoms with E-state index in [1.165, 1.54) is 0 Å². The summed E-state index contributed by atoms with van der Waals surface area (Å²) >= 11 is 11.8. The van der Waals surface area contributed by atoms with Crippen molar-refractivity contribution in [2.45, 2.75) is 44.2 Å². The van der Waals surface area contributed by atoms with Crippen LogP contribution in [0, 0.1) is 11.8 Å². The van der Waals surface area contributed by atoms with Crippen LogP contribution >= 0.6 is 23.2 Å². The molecule has 154 valence electrons. The molecule has 1 aromatic carbocycles. The molecule has 6 nitrogen and oxygen atoms in total. The standard InChI is InChI=1S/C20H26Cl2N2O4/c1-27-15-4-2-12-8-13(20(26)24-17(12)10-15)6-7-23-19(25)11-28-18-5-3-14(21)9-16(18)22/h3,5,9,12-13,15,17H,2,4,6-8,10-11H2,1H3,(H,23,25)(H,24,26). The molecule has 8 heteroatoms. The van der Waals surface area contributed by atoms with Crippen LogP contribution in [-0.2, 0) is 14.3 Å². The molecule has 1 aliphatic carbocycles. The maximum Gasteiger partial charge on any atom is 0.257 e. The van der Waals surface area contributed by atoms with Crippen molar-refractivity contribution in [3.63, 3.8) is 0 Å². The van der Waals surface area contributed by atoms with Gasteiger partial charge in [-0.1, -0.05) is 23.2 Å². The smallest absolute Gasteiger partial charge is 0.257 e. The number of nitrogens with one attached hydrogen (secondary N) is 2. The largest absolute Gasteiger partial charge is 0.482 e. The van der Waals surface area contributed by atoms with Gasteiger partial charge in [-0.15, -0.1) is 0 Å². The van der Waals surface area contributed by atoms with Gasteiger partial charge in [0.1, 0.15) is 5.75 Å². The third-order valence-electron chi connectivity index (χ3n) is 5.63. The molecule has 4 unspecified atom stereocenters. The second-order valence-electron chi connectivity index (χ2n) is 7.48. The minimum absolute atomic E-state index is 0.0627. The maximum absolute atomic E-state index is 12.4. The summed E-state index contributed by atoms with van der Waals surface area (Å²) in [5.41, 5.74) is 0. The fourth-order valence-electron chi connectivity index (χ4n) is 4.06. The van der Waals surface area contributed by atoms with Gasteiger partial charge in [-0.25, -0.2) is 0 Å². The molecule has 2 N–H and O–H groups in total. The van der Waals surface area contributed by atoms with Crippen LogP contribution in [0.3, 0.4) is 0 Å². The summed E-state index contributed by atoms with van der Waals surface area (Å²) < 4.78 is 10.9. The van der Waals surface area contributed by atoms with Crippen LogP contribution in [0.4, 0.5) is 0 Å². The SMILES string of the molecule is COC1CCC2CC(CCNC(=O)COc3ccc(Cl)cc3Cl)C(=O)NC2C1. The van der Waals surface area contributed by atoms with E-state index >= 15 is 0 Å². The van der Waals surface area contributed by atoms with Crippen molar-refractivity contribution in [2.24, 2.45) is 11.8 Å². The molecule has 1 saturated carbocycles. The molecular formula is C20H26Cl2N2O4. The average molecular weight is 429 g/mol. The number of ether oxygens (including phenoxy) is 2. The average Bonchev–Trinajstić information content (AvgIpc) is 2.67. The fraction of sp³-hybridized carbons (Fsp3) is 0.600. The Morgan fingerprint density at radius 1 is 1.29 bits per heavy atom. The number of methoxy groups -OCH3 is 1. The third kappa shape index (κ3) is 5.52. The van der Waals surface area contributed by atoms with Gasteiger partial charge in [-0.2, -0.15) is 0 Å². The molecule has 0 radical (unpaired) electrons. The molecule has 2 amide bonds. The number of hydrogen-bond acceptors (Lipinski definition) is 4. The van der Waals surface area contributed by atoms with Crippen molar-refractivity contribution in [3.05, 3.63) is 28.2 Å². The topological polar surface area (TPSA) is 76.7 Å². The number of amides is 2. The van der Waals surface area contributed by atoms with Crippen LogP contribution in [0.1, 0.15) is 32.1 Å². The van der Waals surface area contributed by atoms with E-state index < -0.39 is 0 Å². The zero-order chi connectivity index (χ0) is 20.1. The summed E-state index contributed by atoms with van der Waals surface area (Å²) in [6, 6.07) is 5.05. The summed E-state index contributed by atoms with van der Waals surface area (Å²) in [7, 11) is 1.73. The zero-order valence-electron chi connectivity index (χ0n) is 15.9. The lowest BCUT2D eigenvalue weighted by Crippen LogP contribution is -2.53. The van der Waals surface area contributed by atoms with Gasteiger partial charge >= 0.3 is 0 Å². The van der Waals surface area contributed by atoms with Crippen molar-refractivity contribution in [1.29, 1.82) is 0 Å². The summed E-state index contributed by atoms with van der Waals surface area (Å²) in [5, 5.41) is 6.82. The zero-order valence-corrected chi connectivity index (χ0v) is 17.4. The van der Waals surface area contributed by atoms with Crippen molar-refractivity contribution in [3.8, 4) is 5.75 Å². The first-order valence-electron chi connectivity index (χ1n) is 9.64. The van der Waals surface area contributed by atoms with Crippen LogP contribution in [0.2, 0.25) is 10.0 Å². The summed E-state index contributed by atoms with van der Waals surface area (Å²) in [5.74, 6) is 0.676. The first kappa shape index (κ1) is 21.2. The lowest BCUT2D eigenvalue weighted by Gasteiger charge is -2.41. The number of halogens is 2. The Bertz CT molecular complexity index is 715. The monoisotopic (exact) mass is 428 g/mol. The Hall–Kier alpha value is -1.50. The van der Waals surface area contributed by atoms with Gasteiger partial charge in [0.05, 0.1) is 11.1 Å². The Labute approximate surface area is 175 Å². The molecule has 2 fully saturated rings. The van der Waals surface area contributed by atoms with E-state index in [9.17, 15) is 9.59 Å². The highest BCUT2D eigenvalue weighted by molar-refractivity contribution is 6.35. The van der Waals surface area contributed by atoms with Crippen molar-refractivity contribution in [2.75, 3.05) is 20.3 Å². The highest BCUT2D eigenvalue weighted by atomic mass is 35.5. The van der Waals surface area contributed by atoms with E-state index in [2.05, 4.69) is 10.6 Å². The van der Waals surface area contributed by atoms with E-state index in [1.54, 1.807) is 25.3 Å². The minimum atomic E-state index is -0.249. The van der Waals surface area contributed by atoms with E-state index in [0.29, 0.717) is 34.7 Å². The molecule has 2 aliphatic rings. The molecule has 0 spiro atoms. The molecule has 1 heterocycles. The predicted octanol–water partition coefficient (Wildman–Crippen LogP) is 3.20. The number of benzene rings is 1. The van der Waals surface area contributed by atoms with E-state index in [1.807, 2.05) is 0 Å². The quantitative estimate of drug-likeness (QED) is 0.698. The second kappa shape index (κ2) is 9.81. The number of carbonyl (C=O) groups excluding carboxylic acids is 2. The first-order valence-corrected chi connectivity index (χ1v) is 10.4. The van der Waals surface area contributed by atoms with Crippen LogP contribution < -0.4 is 15.4 Å². The Balaban J connectivity index is 1.38. The highest BCUT2D eigenvalue weighted by Crippen LogP contribution is 2.35. The van der Waals surface area contributed by atoms with Crippen molar-refractivity contribution >= 4 is 35.0 Å². The summed E-state index contributed by atoms with van der Waals surface area (Å²) in [4.78, 5) is 24.4. The van der Waals surface area contributed by atoms with Crippen LogP contribution in [0.15, 0.2) is 18.2 Å². The van der Waals surface area contributed by atoms with E-state index in [0.717, 1.165) is 25.7 Å².